The number of hydrogen-bond acceptors (Lipinski definition) is 8. The molecular weight excluding hydrogens is 453 g/mol. The molecule has 3 heterocycles. The molecule has 3 aromatic rings. The van der Waals surface area contributed by atoms with Crippen molar-refractivity contribution < 1.29 is 9.18 Å². The van der Waals surface area contributed by atoms with Crippen LogP contribution in [0.25, 0.3) is 0 Å². The van der Waals surface area contributed by atoms with E-state index in [4.69, 9.17) is 0 Å². The standard InChI is InChI=1S/C24H26FN7OS/c25-13-24(6-7-24)19-12-34-23(30-19)32-20-18(21(33)28-16-3-4-16)11-27-22(31-20)29-17-2-1-15-10-26-8-5-14(15)9-17/h1-2,9,11-12,16,26H,3-8,10,13H2,(H,28,33)(H2,27,29,30,31,32). The van der Waals surface area contributed by atoms with Crippen LogP contribution in [-0.4, -0.2) is 40.1 Å². The van der Waals surface area contributed by atoms with E-state index in [2.05, 4.69) is 48.4 Å². The molecule has 2 saturated carbocycles. The van der Waals surface area contributed by atoms with Crippen molar-refractivity contribution in [1.29, 1.82) is 0 Å². The predicted molar refractivity (Wildman–Crippen MR) is 130 cm³/mol. The van der Waals surface area contributed by atoms with Crippen LogP contribution < -0.4 is 21.3 Å². The summed E-state index contributed by atoms with van der Waals surface area (Å²) in [5.41, 5.74) is 4.20. The Morgan fingerprint density at radius 1 is 1.21 bits per heavy atom. The van der Waals surface area contributed by atoms with E-state index in [1.54, 1.807) is 0 Å². The number of carbonyl (C=O) groups is 1. The molecule has 4 N–H and O–H groups in total. The molecule has 0 atom stereocenters. The fourth-order valence-electron chi connectivity index (χ4n) is 4.16. The van der Waals surface area contributed by atoms with Crippen molar-refractivity contribution in [2.45, 2.75) is 50.1 Å². The van der Waals surface area contributed by atoms with E-state index in [0.29, 0.717) is 22.5 Å². The zero-order valence-electron chi connectivity index (χ0n) is 18.7. The van der Waals surface area contributed by atoms with Gasteiger partial charge in [-0.2, -0.15) is 4.98 Å². The zero-order chi connectivity index (χ0) is 23.1. The smallest absolute Gasteiger partial charge is 0.256 e. The minimum atomic E-state index is -0.428. The summed E-state index contributed by atoms with van der Waals surface area (Å²) < 4.78 is 13.5. The first-order valence-electron chi connectivity index (χ1n) is 11.7. The summed E-state index contributed by atoms with van der Waals surface area (Å²) in [7, 11) is 0. The van der Waals surface area contributed by atoms with Crippen molar-refractivity contribution in [2.24, 2.45) is 0 Å². The van der Waals surface area contributed by atoms with Crippen LogP contribution in [0.3, 0.4) is 0 Å². The Labute approximate surface area is 200 Å². The average Bonchev–Trinajstić information content (AvgIpc) is 3.78. The molecule has 2 aliphatic carbocycles. The summed E-state index contributed by atoms with van der Waals surface area (Å²) in [5, 5.41) is 15.3. The van der Waals surface area contributed by atoms with Crippen LogP contribution in [0.1, 0.15) is 52.9 Å². The Morgan fingerprint density at radius 2 is 2.09 bits per heavy atom. The molecule has 3 aliphatic rings. The first kappa shape index (κ1) is 21.4. The quantitative estimate of drug-likeness (QED) is 0.388. The second kappa shape index (κ2) is 8.59. The lowest BCUT2D eigenvalue weighted by molar-refractivity contribution is 0.0951. The zero-order valence-corrected chi connectivity index (χ0v) is 19.5. The summed E-state index contributed by atoms with van der Waals surface area (Å²) in [6.45, 7) is 1.44. The Hall–Kier alpha value is -3.11. The van der Waals surface area contributed by atoms with E-state index in [1.165, 1.54) is 28.7 Å². The van der Waals surface area contributed by atoms with Crippen molar-refractivity contribution in [2.75, 3.05) is 23.9 Å². The van der Waals surface area contributed by atoms with Gasteiger partial charge in [-0.1, -0.05) is 6.07 Å². The minimum Gasteiger partial charge on any atom is -0.349 e. The van der Waals surface area contributed by atoms with Gasteiger partial charge in [0.2, 0.25) is 5.95 Å². The Bertz CT molecular complexity index is 1240. The highest BCUT2D eigenvalue weighted by Gasteiger charge is 2.46. The largest absolute Gasteiger partial charge is 0.349 e. The van der Waals surface area contributed by atoms with Crippen LogP contribution in [0.5, 0.6) is 0 Å². The van der Waals surface area contributed by atoms with Crippen LogP contribution in [0.4, 0.5) is 27.0 Å². The molecule has 0 spiro atoms. The summed E-state index contributed by atoms with van der Waals surface area (Å²) in [6, 6.07) is 6.46. The third-order valence-electron chi connectivity index (χ3n) is 6.68. The van der Waals surface area contributed by atoms with Gasteiger partial charge in [0.1, 0.15) is 12.2 Å². The number of rotatable bonds is 8. The summed E-state index contributed by atoms with van der Waals surface area (Å²) in [4.78, 5) is 26.4. The molecule has 1 amide bonds. The number of carbonyl (C=O) groups excluding carboxylic acids is 1. The lowest BCUT2D eigenvalue weighted by atomic mass is 10.0. The van der Waals surface area contributed by atoms with Gasteiger partial charge < -0.3 is 21.3 Å². The number of halogens is 1. The van der Waals surface area contributed by atoms with Crippen molar-refractivity contribution >= 4 is 39.8 Å². The first-order valence-corrected chi connectivity index (χ1v) is 12.6. The molecule has 176 valence electrons. The van der Waals surface area contributed by atoms with Crippen LogP contribution in [0.15, 0.2) is 29.8 Å². The number of hydrogen-bond donors (Lipinski definition) is 4. The normalized spacial score (nSPS) is 18.1. The van der Waals surface area contributed by atoms with Crippen molar-refractivity contribution in [3.63, 3.8) is 0 Å². The molecule has 8 nitrogen and oxygen atoms in total. The van der Waals surface area contributed by atoms with Crippen LogP contribution >= 0.6 is 11.3 Å². The van der Waals surface area contributed by atoms with E-state index in [1.807, 2.05) is 11.4 Å². The Kier molecular flexibility index (Phi) is 5.41. The third-order valence-corrected chi connectivity index (χ3v) is 7.43. The molecule has 0 saturated heterocycles. The highest BCUT2D eigenvalue weighted by molar-refractivity contribution is 7.13. The molecule has 2 fully saturated rings. The van der Waals surface area contributed by atoms with E-state index in [0.717, 1.165) is 56.6 Å². The van der Waals surface area contributed by atoms with Crippen LogP contribution in [-0.2, 0) is 18.4 Å². The number of nitrogens with one attached hydrogen (secondary N) is 4. The fourth-order valence-corrected chi connectivity index (χ4v) is 5.00. The summed E-state index contributed by atoms with van der Waals surface area (Å²) >= 11 is 1.39. The van der Waals surface area contributed by atoms with Crippen LogP contribution in [0.2, 0.25) is 0 Å². The predicted octanol–water partition coefficient (Wildman–Crippen LogP) is 3.96. The second-order valence-corrected chi connectivity index (χ2v) is 10.2. The molecule has 1 aliphatic heterocycles. The van der Waals surface area contributed by atoms with Gasteiger partial charge in [-0.25, -0.2) is 9.97 Å². The summed E-state index contributed by atoms with van der Waals surface area (Å²) in [5.74, 6) is 0.555. The van der Waals surface area contributed by atoms with Gasteiger partial charge in [0.15, 0.2) is 10.9 Å². The van der Waals surface area contributed by atoms with E-state index < -0.39 is 12.1 Å². The number of nitrogens with zero attached hydrogens (tertiary/aromatic N) is 3. The monoisotopic (exact) mass is 479 g/mol. The molecule has 34 heavy (non-hydrogen) atoms. The molecular formula is C24H26FN7OS. The number of thiazole rings is 1. The van der Waals surface area contributed by atoms with Gasteiger partial charge in [-0.3, -0.25) is 9.18 Å². The molecule has 2 aromatic heterocycles. The number of fused-ring (bicyclic) bond motifs is 1. The lowest BCUT2D eigenvalue weighted by Gasteiger charge is -2.18. The van der Waals surface area contributed by atoms with Gasteiger partial charge in [0, 0.05) is 35.3 Å². The number of amides is 1. The lowest BCUT2D eigenvalue weighted by Crippen LogP contribution is -2.26. The fraction of sp³-hybridized carbons (Fsp3) is 0.417. The topological polar surface area (TPSA) is 104 Å². The second-order valence-electron chi connectivity index (χ2n) is 9.32. The van der Waals surface area contributed by atoms with Crippen molar-refractivity contribution in [1.82, 2.24) is 25.6 Å². The maximum absolute atomic E-state index is 13.5. The van der Waals surface area contributed by atoms with Gasteiger partial charge in [0.25, 0.3) is 5.91 Å². The average molecular weight is 480 g/mol. The highest BCUT2D eigenvalue weighted by atomic mass is 32.1. The van der Waals surface area contributed by atoms with Gasteiger partial charge in [-0.05, 0) is 61.9 Å². The summed E-state index contributed by atoms with van der Waals surface area (Å²) in [6.07, 6.45) is 6.13. The van der Waals surface area contributed by atoms with Gasteiger partial charge >= 0.3 is 0 Å². The number of aromatic nitrogens is 3. The molecule has 0 bridgehead atoms. The van der Waals surface area contributed by atoms with E-state index in [-0.39, 0.29) is 11.9 Å². The highest BCUT2D eigenvalue weighted by Crippen LogP contribution is 2.49. The molecule has 0 radical (unpaired) electrons. The number of benzene rings is 1. The van der Waals surface area contributed by atoms with Crippen molar-refractivity contribution in [3.05, 3.63) is 52.2 Å². The van der Waals surface area contributed by atoms with Gasteiger partial charge in [0.05, 0.1) is 5.69 Å². The molecule has 6 rings (SSSR count). The molecule has 0 unspecified atom stereocenters. The minimum absolute atomic E-state index is 0.211. The molecule has 1 aromatic carbocycles. The maximum Gasteiger partial charge on any atom is 0.256 e. The van der Waals surface area contributed by atoms with Crippen LogP contribution in [0, 0.1) is 0 Å². The number of alkyl halides is 1. The third kappa shape index (κ3) is 4.35. The van der Waals surface area contributed by atoms with Crippen molar-refractivity contribution in [3.8, 4) is 0 Å². The Balaban J connectivity index is 1.27. The van der Waals surface area contributed by atoms with E-state index >= 15 is 0 Å². The SMILES string of the molecule is O=C(NC1CC1)c1cnc(Nc2ccc3c(c2)CCNC3)nc1Nc1nc(C2(CF)CC2)cs1. The molecule has 10 heteroatoms. The van der Waals surface area contributed by atoms with Gasteiger partial charge in [-0.15, -0.1) is 11.3 Å². The van der Waals surface area contributed by atoms with E-state index in [9.17, 15) is 9.18 Å². The first-order chi connectivity index (χ1) is 16.6. The Morgan fingerprint density at radius 3 is 2.88 bits per heavy atom. The maximum atomic E-state index is 13.5. The number of anilines is 4.